The summed E-state index contributed by atoms with van der Waals surface area (Å²) < 4.78 is 0. The molecule has 0 saturated carbocycles. The molecule has 0 aliphatic rings. The van der Waals surface area contributed by atoms with Gasteiger partial charge >= 0.3 is 0 Å². The van der Waals surface area contributed by atoms with E-state index in [4.69, 9.17) is 11.6 Å². The quantitative estimate of drug-likeness (QED) is 0.783. The lowest BCUT2D eigenvalue weighted by Gasteiger charge is -2.15. The van der Waals surface area contributed by atoms with Crippen LogP contribution >= 0.6 is 11.6 Å². The van der Waals surface area contributed by atoms with Gasteiger partial charge in [0.25, 0.3) is 0 Å². The van der Waals surface area contributed by atoms with Crippen LogP contribution in [0.25, 0.3) is 0 Å². The molecule has 0 N–H and O–H groups in total. The molecule has 2 heteroatoms. The molecule has 0 radical (unpaired) electrons. The van der Waals surface area contributed by atoms with Gasteiger partial charge in [-0.05, 0) is 61.6 Å². The molecule has 0 aromatic heterocycles. The zero-order valence-corrected chi connectivity index (χ0v) is 12.9. The van der Waals surface area contributed by atoms with Crippen molar-refractivity contribution in [3.8, 4) is 0 Å². The highest BCUT2D eigenvalue weighted by Crippen LogP contribution is 2.25. The van der Waals surface area contributed by atoms with E-state index in [1.807, 2.05) is 24.3 Å². The second-order valence-corrected chi connectivity index (χ2v) is 5.78. The number of carbonyl (C=O) groups excluding carboxylic acids is 1. The lowest BCUT2D eigenvalue weighted by atomic mass is 9.88. The molecule has 0 aliphatic heterocycles. The van der Waals surface area contributed by atoms with Crippen LogP contribution < -0.4 is 0 Å². The molecule has 0 heterocycles. The van der Waals surface area contributed by atoms with Gasteiger partial charge in [0.15, 0.2) is 0 Å². The Morgan fingerprint density at radius 3 is 2.45 bits per heavy atom. The van der Waals surface area contributed by atoms with Gasteiger partial charge in [0.1, 0.15) is 5.78 Å². The lowest BCUT2D eigenvalue weighted by molar-refractivity contribution is -0.118. The fourth-order valence-electron chi connectivity index (χ4n) is 2.39. The molecule has 0 bridgehead atoms. The molecule has 2 aromatic rings. The molecule has 0 amide bonds. The number of benzene rings is 2. The first-order valence-corrected chi connectivity index (χ1v) is 7.17. The minimum absolute atomic E-state index is 0.129. The predicted octanol–water partition coefficient (Wildman–Crippen LogP) is 4.87. The van der Waals surface area contributed by atoms with Gasteiger partial charge < -0.3 is 0 Å². The Kier molecular flexibility index (Phi) is 4.61. The monoisotopic (exact) mass is 286 g/mol. The van der Waals surface area contributed by atoms with Crippen LogP contribution in [0.2, 0.25) is 5.02 Å². The summed E-state index contributed by atoms with van der Waals surface area (Å²) in [6.45, 7) is 5.84. The summed E-state index contributed by atoms with van der Waals surface area (Å²) in [5.74, 6) is 0.0429. The Morgan fingerprint density at radius 2 is 1.85 bits per heavy atom. The van der Waals surface area contributed by atoms with Crippen molar-refractivity contribution in [2.45, 2.75) is 33.1 Å². The van der Waals surface area contributed by atoms with E-state index in [-0.39, 0.29) is 11.7 Å². The summed E-state index contributed by atoms with van der Waals surface area (Å²) >= 11 is 6.03. The van der Waals surface area contributed by atoms with Crippen molar-refractivity contribution in [1.82, 2.24) is 0 Å². The average molecular weight is 287 g/mol. The molecular weight excluding hydrogens is 268 g/mol. The minimum Gasteiger partial charge on any atom is -0.299 e. The molecule has 2 rings (SSSR count). The number of hydrogen-bond donors (Lipinski definition) is 0. The molecule has 1 unspecified atom stereocenters. The Hall–Kier alpha value is -1.60. The zero-order valence-electron chi connectivity index (χ0n) is 12.1. The van der Waals surface area contributed by atoms with Crippen molar-refractivity contribution in [1.29, 1.82) is 0 Å². The first kappa shape index (κ1) is 14.8. The van der Waals surface area contributed by atoms with E-state index in [1.165, 1.54) is 16.7 Å². The summed E-state index contributed by atoms with van der Waals surface area (Å²) in [4.78, 5) is 12.0. The number of rotatable bonds is 4. The molecule has 1 atom stereocenters. The van der Waals surface area contributed by atoms with Crippen molar-refractivity contribution in [2.75, 3.05) is 0 Å². The smallest absolute Gasteiger partial charge is 0.137 e. The number of hydrogen-bond acceptors (Lipinski definition) is 1. The molecule has 104 valence electrons. The first-order chi connectivity index (χ1) is 9.47. The van der Waals surface area contributed by atoms with Crippen molar-refractivity contribution >= 4 is 17.4 Å². The van der Waals surface area contributed by atoms with E-state index in [0.29, 0.717) is 5.02 Å². The van der Waals surface area contributed by atoms with Gasteiger partial charge in [-0.2, -0.15) is 0 Å². The largest absolute Gasteiger partial charge is 0.299 e. The van der Waals surface area contributed by atoms with Crippen LogP contribution in [0.4, 0.5) is 0 Å². The van der Waals surface area contributed by atoms with Gasteiger partial charge in [-0.25, -0.2) is 0 Å². The SMILES string of the molecule is CC(=O)C(Cc1ccc(C)c(C)c1)c1cccc(Cl)c1. The fraction of sp³-hybridized carbons (Fsp3) is 0.278. The molecule has 1 nitrogen and oxygen atoms in total. The normalized spacial score (nSPS) is 12.2. The highest BCUT2D eigenvalue weighted by molar-refractivity contribution is 6.30. The van der Waals surface area contributed by atoms with Crippen LogP contribution in [0.15, 0.2) is 42.5 Å². The topological polar surface area (TPSA) is 17.1 Å². The van der Waals surface area contributed by atoms with Crippen LogP contribution in [0, 0.1) is 13.8 Å². The number of Topliss-reactive ketones (excluding diaryl/α,β-unsaturated/α-hetero) is 1. The van der Waals surface area contributed by atoms with Crippen molar-refractivity contribution < 1.29 is 4.79 Å². The molecule has 0 aliphatic carbocycles. The maximum absolute atomic E-state index is 12.0. The van der Waals surface area contributed by atoms with Crippen LogP contribution in [-0.2, 0) is 11.2 Å². The molecule has 0 saturated heterocycles. The third kappa shape index (κ3) is 3.49. The van der Waals surface area contributed by atoms with Gasteiger partial charge in [-0.3, -0.25) is 4.79 Å². The Bertz CT molecular complexity index is 631. The lowest BCUT2D eigenvalue weighted by Crippen LogP contribution is -2.12. The summed E-state index contributed by atoms with van der Waals surface area (Å²) in [5, 5.41) is 0.675. The van der Waals surface area contributed by atoms with Gasteiger partial charge in [0.2, 0.25) is 0 Å². The molecule has 20 heavy (non-hydrogen) atoms. The van der Waals surface area contributed by atoms with E-state index >= 15 is 0 Å². The maximum Gasteiger partial charge on any atom is 0.137 e. The zero-order chi connectivity index (χ0) is 14.7. The summed E-state index contributed by atoms with van der Waals surface area (Å²) in [6, 6.07) is 14.0. The molecule has 0 fully saturated rings. The maximum atomic E-state index is 12.0. The Balaban J connectivity index is 2.30. The van der Waals surface area contributed by atoms with Crippen LogP contribution in [0.5, 0.6) is 0 Å². The Morgan fingerprint density at radius 1 is 1.10 bits per heavy atom. The second-order valence-electron chi connectivity index (χ2n) is 5.34. The Labute approximate surface area is 125 Å². The number of ketones is 1. The third-order valence-electron chi connectivity index (χ3n) is 3.75. The highest BCUT2D eigenvalue weighted by Gasteiger charge is 2.17. The third-order valence-corrected chi connectivity index (χ3v) is 3.99. The molecule has 2 aromatic carbocycles. The van der Waals surface area contributed by atoms with Gasteiger partial charge in [-0.15, -0.1) is 0 Å². The van der Waals surface area contributed by atoms with Crippen LogP contribution in [-0.4, -0.2) is 5.78 Å². The van der Waals surface area contributed by atoms with Gasteiger partial charge in [0.05, 0.1) is 0 Å². The predicted molar refractivity (Wildman–Crippen MR) is 84.5 cm³/mol. The number of carbonyl (C=O) groups is 1. The van der Waals surface area contributed by atoms with Crippen molar-refractivity contribution in [2.24, 2.45) is 0 Å². The van der Waals surface area contributed by atoms with E-state index in [1.54, 1.807) is 6.92 Å². The van der Waals surface area contributed by atoms with Crippen LogP contribution in [0.1, 0.15) is 35.1 Å². The van der Waals surface area contributed by atoms with Gasteiger partial charge in [-0.1, -0.05) is 41.9 Å². The van der Waals surface area contributed by atoms with E-state index in [2.05, 4.69) is 32.0 Å². The second kappa shape index (κ2) is 6.23. The van der Waals surface area contributed by atoms with Crippen molar-refractivity contribution in [3.63, 3.8) is 0 Å². The number of aryl methyl sites for hydroxylation is 2. The highest BCUT2D eigenvalue weighted by atomic mass is 35.5. The van der Waals surface area contributed by atoms with E-state index in [9.17, 15) is 4.79 Å². The van der Waals surface area contributed by atoms with E-state index < -0.39 is 0 Å². The number of halogens is 1. The molecular formula is C18H19ClO. The van der Waals surface area contributed by atoms with E-state index in [0.717, 1.165) is 12.0 Å². The first-order valence-electron chi connectivity index (χ1n) is 6.79. The van der Waals surface area contributed by atoms with Crippen LogP contribution in [0.3, 0.4) is 0 Å². The fourth-order valence-corrected chi connectivity index (χ4v) is 2.58. The van der Waals surface area contributed by atoms with Crippen molar-refractivity contribution in [3.05, 3.63) is 69.7 Å². The molecule has 0 spiro atoms. The average Bonchev–Trinajstić information content (AvgIpc) is 2.39. The summed E-state index contributed by atoms with van der Waals surface area (Å²) in [5.41, 5.74) is 4.71. The standard InChI is InChI=1S/C18H19ClO/c1-12-7-8-15(9-13(12)2)10-18(14(3)20)16-5-4-6-17(19)11-16/h4-9,11,18H,10H2,1-3H3. The summed E-state index contributed by atoms with van der Waals surface area (Å²) in [6.07, 6.45) is 0.719. The minimum atomic E-state index is -0.129. The van der Waals surface area contributed by atoms with Gasteiger partial charge in [0, 0.05) is 10.9 Å². The summed E-state index contributed by atoms with van der Waals surface area (Å²) in [7, 11) is 0.